The fraction of sp³-hybridized carbons (Fsp3) is 0.833. The molecular formula is C18H34O7. The van der Waals surface area contributed by atoms with Gasteiger partial charge in [0.05, 0.1) is 56.9 Å². The first-order valence-electron chi connectivity index (χ1n) is 8.68. The minimum atomic E-state index is -0.480. The van der Waals surface area contributed by atoms with Crippen LogP contribution in [0.2, 0.25) is 0 Å². The number of hydrogen-bond acceptors (Lipinski definition) is 7. The van der Waals surface area contributed by atoms with E-state index in [1.165, 1.54) is 0 Å². The van der Waals surface area contributed by atoms with Crippen molar-refractivity contribution in [2.75, 3.05) is 33.0 Å². The van der Waals surface area contributed by atoms with Crippen LogP contribution in [-0.4, -0.2) is 74.6 Å². The van der Waals surface area contributed by atoms with Crippen LogP contribution in [0.15, 0.2) is 12.7 Å². The van der Waals surface area contributed by atoms with E-state index in [2.05, 4.69) is 6.58 Å². The summed E-state index contributed by atoms with van der Waals surface area (Å²) < 4.78 is 27.2. The average Bonchev–Trinajstić information content (AvgIpc) is 2.58. The second-order valence-electron chi connectivity index (χ2n) is 6.26. The van der Waals surface area contributed by atoms with Crippen molar-refractivity contribution in [3.8, 4) is 0 Å². The molecule has 0 rings (SSSR count). The first-order chi connectivity index (χ1) is 11.7. The SMILES string of the molecule is C=CC(=O)OCC(C)OCC(C)OCC(C)OCC(C)OCC(C)O. The molecule has 0 saturated heterocycles. The molecule has 0 aliphatic rings. The van der Waals surface area contributed by atoms with Crippen LogP contribution in [0.1, 0.15) is 34.6 Å². The Morgan fingerprint density at radius 1 is 0.800 bits per heavy atom. The van der Waals surface area contributed by atoms with Gasteiger partial charge in [0.15, 0.2) is 0 Å². The minimum absolute atomic E-state index is 0.0778. The largest absolute Gasteiger partial charge is 0.460 e. The maximum absolute atomic E-state index is 11.0. The Bertz CT molecular complexity index is 359. The zero-order valence-electron chi connectivity index (χ0n) is 16.1. The Hall–Kier alpha value is -0.990. The Morgan fingerprint density at radius 2 is 1.16 bits per heavy atom. The van der Waals surface area contributed by atoms with Gasteiger partial charge in [-0.25, -0.2) is 4.79 Å². The number of esters is 1. The molecule has 5 atom stereocenters. The third kappa shape index (κ3) is 15.0. The molecule has 0 bridgehead atoms. The molecule has 0 amide bonds. The van der Waals surface area contributed by atoms with Crippen molar-refractivity contribution in [2.45, 2.75) is 65.1 Å². The van der Waals surface area contributed by atoms with E-state index in [4.69, 9.17) is 28.8 Å². The molecule has 148 valence electrons. The molecule has 0 heterocycles. The van der Waals surface area contributed by atoms with Gasteiger partial charge in [0.2, 0.25) is 0 Å². The highest BCUT2D eigenvalue weighted by atomic mass is 16.6. The van der Waals surface area contributed by atoms with E-state index in [1.54, 1.807) is 6.92 Å². The van der Waals surface area contributed by atoms with Gasteiger partial charge in [-0.3, -0.25) is 0 Å². The Morgan fingerprint density at radius 3 is 1.52 bits per heavy atom. The summed E-state index contributed by atoms with van der Waals surface area (Å²) in [5.41, 5.74) is 0. The molecule has 0 radical (unpaired) electrons. The lowest BCUT2D eigenvalue weighted by Gasteiger charge is -2.21. The Balaban J connectivity index is 3.73. The second-order valence-corrected chi connectivity index (χ2v) is 6.26. The predicted molar refractivity (Wildman–Crippen MR) is 94.5 cm³/mol. The van der Waals surface area contributed by atoms with Gasteiger partial charge in [-0.15, -0.1) is 0 Å². The van der Waals surface area contributed by atoms with Crippen molar-refractivity contribution in [3.05, 3.63) is 12.7 Å². The molecule has 0 spiro atoms. The molecule has 25 heavy (non-hydrogen) atoms. The van der Waals surface area contributed by atoms with Gasteiger partial charge in [0.25, 0.3) is 0 Å². The van der Waals surface area contributed by atoms with Crippen LogP contribution >= 0.6 is 0 Å². The van der Waals surface area contributed by atoms with Crippen molar-refractivity contribution in [3.63, 3.8) is 0 Å². The van der Waals surface area contributed by atoms with Gasteiger partial charge in [0, 0.05) is 6.08 Å². The molecule has 0 aromatic rings. The number of carbonyl (C=O) groups is 1. The molecule has 0 saturated carbocycles. The molecular weight excluding hydrogens is 328 g/mol. The fourth-order valence-corrected chi connectivity index (χ4v) is 1.65. The highest BCUT2D eigenvalue weighted by Crippen LogP contribution is 2.02. The van der Waals surface area contributed by atoms with Gasteiger partial charge >= 0.3 is 5.97 Å². The van der Waals surface area contributed by atoms with Crippen LogP contribution in [0.25, 0.3) is 0 Å². The Labute approximate surface area is 151 Å². The summed E-state index contributed by atoms with van der Waals surface area (Å²) in [7, 11) is 0. The van der Waals surface area contributed by atoms with Crippen LogP contribution in [0.4, 0.5) is 0 Å². The number of rotatable bonds is 15. The maximum atomic E-state index is 11.0. The van der Waals surface area contributed by atoms with Crippen LogP contribution < -0.4 is 0 Å². The lowest BCUT2D eigenvalue weighted by atomic mass is 10.3. The first kappa shape index (κ1) is 24.0. The number of aliphatic hydroxyl groups is 1. The molecule has 0 aromatic carbocycles. The van der Waals surface area contributed by atoms with Crippen molar-refractivity contribution in [1.82, 2.24) is 0 Å². The van der Waals surface area contributed by atoms with Crippen molar-refractivity contribution >= 4 is 5.97 Å². The molecule has 5 unspecified atom stereocenters. The van der Waals surface area contributed by atoms with Gasteiger partial charge in [-0.05, 0) is 34.6 Å². The standard InChI is InChI=1S/C18H34O7/c1-7-18(20)25-12-17(6)24-11-16(5)23-10-15(4)22-9-14(3)21-8-13(2)19/h7,13-17,19H,1,8-12H2,2-6H3. The van der Waals surface area contributed by atoms with E-state index in [-0.39, 0.29) is 31.0 Å². The lowest BCUT2D eigenvalue weighted by molar-refractivity contribution is -0.143. The van der Waals surface area contributed by atoms with E-state index >= 15 is 0 Å². The van der Waals surface area contributed by atoms with Crippen LogP contribution in [0, 0.1) is 0 Å². The van der Waals surface area contributed by atoms with E-state index in [0.29, 0.717) is 26.4 Å². The summed E-state index contributed by atoms with van der Waals surface area (Å²) in [6.45, 7) is 14.3. The quantitative estimate of drug-likeness (QED) is 0.351. The van der Waals surface area contributed by atoms with Gasteiger partial charge in [0.1, 0.15) is 6.61 Å². The third-order valence-corrected chi connectivity index (χ3v) is 3.10. The summed E-state index contributed by atoms with van der Waals surface area (Å²) in [4.78, 5) is 11.0. The molecule has 7 heteroatoms. The number of hydrogen-bond donors (Lipinski definition) is 1. The molecule has 1 N–H and O–H groups in total. The summed E-state index contributed by atoms with van der Waals surface area (Å²) in [5.74, 6) is -0.461. The average molecular weight is 362 g/mol. The van der Waals surface area contributed by atoms with Crippen molar-refractivity contribution in [1.29, 1.82) is 0 Å². The molecule has 0 fully saturated rings. The van der Waals surface area contributed by atoms with E-state index < -0.39 is 12.1 Å². The van der Waals surface area contributed by atoms with E-state index in [0.717, 1.165) is 6.08 Å². The van der Waals surface area contributed by atoms with Crippen molar-refractivity contribution in [2.24, 2.45) is 0 Å². The Kier molecular flexibility index (Phi) is 13.6. The molecule has 0 aromatic heterocycles. The summed E-state index contributed by atoms with van der Waals surface area (Å²) in [6, 6.07) is 0. The van der Waals surface area contributed by atoms with Gasteiger partial charge in [-0.2, -0.15) is 0 Å². The first-order valence-corrected chi connectivity index (χ1v) is 8.68. The monoisotopic (exact) mass is 362 g/mol. The summed E-state index contributed by atoms with van der Waals surface area (Å²) >= 11 is 0. The predicted octanol–water partition coefficient (Wildman–Crippen LogP) is 1.72. The van der Waals surface area contributed by atoms with Crippen LogP contribution in [0.3, 0.4) is 0 Å². The van der Waals surface area contributed by atoms with Crippen LogP contribution in [-0.2, 0) is 28.5 Å². The zero-order chi connectivity index (χ0) is 19.2. The maximum Gasteiger partial charge on any atom is 0.330 e. The lowest BCUT2D eigenvalue weighted by Crippen LogP contribution is -2.29. The van der Waals surface area contributed by atoms with E-state index in [9.17, 15) is 4.79 Å². The minimum Gasteiger partial charge on any atom is -0.460 e. The number of carbonyl (C=O) groups excluding carboxylic acids is 1. The second kappa shape index (κ2) is 14.2. The smallest absolute Gasteiger partial charge is 0.330 e. The van der Waals surface area contributed by atoms with Crippen LogP contribution in [0.5, 0.6) is 0 Å². The molecule has 0 aliphatic carbocycles. The van der Waals surface area contributed by atoms with Gasteiger partial charge < -0.3 is 28.8 Å². The van der Waals surface area contributed by atoms with Gasteiger partial charge in [-0.1, -0.05) is 6.58 Å². The normalized spacial score (nSPS) is 17.4. The summed E-state index contributed by atoms with van der Waals surface area (Å²) in [6.07, 6.45) is 0.161. The fourth-order valence-electron chi connectivity index (χ4n) is 1.65. The highest BCUT2D eigenvalue weighted by Gasteiger charge is 2.12. The summed E-state index contributed by atoms with van der Waals surface area (Å²) in [5, 5.41) is 9.16. The number of ether oxygens (including phenoxy) is 5. The zero-order valence-corrected chi connectivity index (χ0v) is 16.1. The highest BCUT2D eigenvalue weighted by molar-refractivity contribution is 5.81. The van der Waals surface area contributed by atoms with E-state index in [1.807, 2.05) is 27.7 Å². The molecule has 0 aliphatic heterocycles. The van der Waals surface area contributed by atoms with Crippen molar-refractivity contribution < 1.29 is 33.6 Å². The third-order valence-electron chi connectivity index (χ3n) is 3.10. The number of aliphatic hydroxyl groups excluding tert-OH is 1. The topological polar surface area (TPSA) is 83.5 Å². The molecule has 7 nitrogen and oxygen atoms in total.